The van der Waals surface area contributed by atoms with Crippen LogP contribution in [-0.4, -0.2) is 65.8 Å². The number of aliphatic hydroxyl groups excluding tert-OH is 1. The molecule has 7 heteroatoms. The summed E-state index contributed by atoms with van der Waals surface area (Å²) in [6.45, 7) is 13.3. The number of hydrogen-bond donors (Lipinski definition) is 3. The van der Waals surface area contributed by atoms with Crippen LogP contribution in [0.1, 0.15) is 66.2 Å². The first-order valence-electron chi connectivity index (χ1n) is 13.4. The van der Waals surface area contributed by atoms with Crippen molar-refractivity contribution in [2.45, 2.75) is 84.0 Å². The van der Waals surface area contributed by atoms with Crippen LogP contribution in [0.5, 0.6) is 0 Å². The topological polar surface area (TPSA) is 94.9 Å². The lowest BCUT2D eigenvalue weighted by Gasteiger charge is -2.70. The van der Waals surface area contributed by atoms with Gasteiger partial charge in [0, 0.05) is 42.0 Å². The van der Waals surface area contributed by atoms with Crippen LogP contribution >= 0.6 is 0 Å². The van der Waals surface area contributed by atoms with E-state index in [1.807, 2.05) is 0 Å². The second kappa shape index (κ2) is 7.53. The highest BCUT2D eigenvalue weighted by Gasteiger charge is 2.70. The lowest BCUT2D eigenvalue weighted by molar-refractivity contribution is -0.276. The van der Waals surface area contributed by atoms with Crippen LogP contribution in [0.2, 0.25) is 0 Å². The van der Waals surface area contributed by atoms with Gasteiger partial charge in [-0.2, -0.15) is 0 Å². The minimum absolute atomic E-state index is 0.0516. The van der Waals surface area contributed by atoms with Crippen molar-refractivity contribution < 1.29 is 19.4 Å². The summed E-state index contributed by atoms with van der Waals surface area (Å²) in [5.74, 6) is 1.08. The maximum absolute atomic E-state index is 12.6. The first kappa shape index (κ1) is 23.0. The average Bonchev–Trinajstić information content (AvgIpc) is 3.07. The summed E-state index contributed by atoms with van der Waals surface area (Å²) in [5.41, 5.74) is 0.411. The Kier molecular flexibility index (Phi) is 5.09. The minimum Gasteiger partial charge on any atom is -0.490 e. The number of nitrogens with one attached hydrogen (secondary N) is 2. The van der Waals surface area contributed by atoms with Gasteiger partial charge in [-0.25, -0.2) is 0 Å². The van der Waals surface area contributed by atoms with Crippen molar-refractivity contribution in [3.05, 3.63) is 11.3 Å². The van der Waals surface area contributed by atoms with Crippen molar-refractivity contribution in [2.75, 3.05) is 26.3 Å². The lowest BCUT2D eigenvalue weighted by atomic mass is 9.42. The number of rotatable bonds is 1. The highest BCUT2D eigenvalue weighted by molar-refractivity contribution is 6.16. The van der Waals surface area contributed by atoms with Gasteiger partial charge >= 0.3 is 0 Å². The molecule has 1 spiro atoms. The van der Waals surface area contributed by atoms with Gasteiger partial charge in [-0.15, -0.1) is 0 Å². The van der Waals surface area contributed by atoms with Gasteiger partial charge in [0.1, 0.15) is 17.2 Å². The molecule has 0 aromatic carbocycles. The Hall–Kier alpha value is -1.44. The third-order valence-electron chi connectivity index (χ3n) is 11.2. The molecule has 3 heterocycles. The molecule has 3 saturated heterocycles. The predicted octanol–water partition coefficient (Wildman–Crippen LogP) is 3.08. The van der Waals surface area contributed by atoms with Crippen LogP contribution in [0.15, 0.2) is 11.3 Å². The second-order valence-corrected chi connectivity index (χ2v) is 12.8. The lowest BCUT2D eigenvalue weighted by Crippen LogP contribution is -2.71. The number of ether oxygens (including phenoxy) is 2. The largest absolute Gasteiger partial charge is 0.490 e. The molecule has 6 rings (SSSR count). The Morgan fingerprint density at radius 2 is 1.88 bits per heavy atom. The molecule has 1 amide bonds. The van der Waals surface area contributed by atoms with E-state index in [1.54, 1.807) is 0 Å². The van der Waals surface area contributed by atoms with Crippen LogP contribution in [0.4, 0.5) is 0 Å². The van der Waals surface area contributed by atoms with Gasteiger partial charge in [-0.05, 0) is 49.9 Å². The van der Waals surface area contributed by atoms with Crippen LogP contribution in [0.3, 0.4) is 0 Å². The minimum atomic E-state index is -0.597. The highest BCUT2D eigenvalue weighted by Crippen LogP contribution is 2.69. The SMILES string of the molecule is CC1CCC2C(C)(C)C(N3CCOCC3)CCC23OC2=C4C(=N)NC(=O)C4CC(O)C2CC13C. The number of carbonyl (C=O) groups excluding carboxylic acids is 1. The Balaban J connectivity index is 1.45. The fourth-order valence-corrected chi connectivity index (χ4v) is 9.22. The molecular formula is C27H41N3O4. The summed E-state index contributed by atoms with van der Waals surface area (Å²) in [4.78, 5) is 15.2. The van der Waals surface area contributed by atoms with Gasteiger partial charge < -0.3 is 19.9 Å². The first-order chi connectivity index (χ1) is 16.1. The van der Waals surface area contributed by atoms with Crippen molar-refractivity contribution >= 4 is 11.7 Å². The fourth-order valence-electron chi connectivity index (χ4n) is 9.22. The van der Waals surface area contributed by atoms with E-state index in [0.717, 1.165) is 63.3 Å². The molecule has 0 aromatic rings. The van der Waals surface area contributed by atoms with E-state index in [0.29, 0.717) is 24.3 Å². The molecule has 6 aliphatic rings. The van der Waals surface area contributed by atoms with Gasteiger partial charge in [0.05, 0.1) is 25.2 Å². The van der Waals surface area contributed by atoms with E-state index >= 15 is 0 Å². The summed E-state index contributed by atoms with van der Waals surface area (Å²) in [5, 5.41) is 22.4. The molecule has 0 radical (unpaired) electrons. The number of aliphatic hydroxyl groups is 1. The number of hydrogen-bond acceptors (Lipinski definition) is 6. The van der Waals surface area contributed by atoms with E-state index in [9.17, 15) is 9.90 Å². The molecule has 8 atom stereocenters. The van der Waals surface area contributed by atoms with Crippen molar-refractivity contribution in [1.82, 2.24) is 10.2 Å². The Morgan fingerprint density at radius 3 is 2.62 bits per heavy atom. The van der Waals surface area contributed by atoms with Crippen molar-refractivity contribution in [3.8, 4) is 0 Å². The summed E-state index contributed by atoms with van der Waals surface area (Å²) in [6, 6.07) is 0.501. The van der Waals surface area contributed by atoms with Gasteiger partial charge in [-0.3, -0.25) is 15.1 Å². The number of nitrogens with zero attached hydrogens (tertiary/aromatic N) is 1. The molecule has 188 valence electrons. The van der Waals surface area contributed by atoms with E-state index in [4.69, 9.17) is 14.9 Å². The summed E-state index contributed by atoms with van der Waals surface area (Å²) >= 11 is 0. The Labute approximate surface area is 203 Å². The summed E-state index contributed by atoms with van der Waals surface area (Å²) in [6.07, 6.45) is 5.06. The van der Waals surface area contributed by atoms with Crippen molar-refractivity contribution in [3.63, 3.8) is 0 Å². The smallest absolute Gasteiger partial charge is 0.233 e. The molecular weight excluding hydrogens is 430 g/mol. The maximum Gasteiger partial charge on any atom is 0.233 e. The van der Waals surface area contributed by atoms with Crippen molar-refractivity contribution in [2.24, 2.45) is 34.5 Å². The first-order valence-corrected chi connectivity index (χ1v) is 13.4. The third kappa shape index (κ3) is 2.86. The van der Waals surface area contributed by atoms with Crippen LogP contribution in [-0.2, 0) is 14.3 Å². The highest BCUT2D eigenvalue weighted by atomic mass is 16.5. The number of morpholine rings is 1. The summed E-state index contributed by atoms with van der Waals surface area (Å²) < 4.78 is 12.9. The molecule has 3 aliphatic heterocycles. The molecule has 7 nitrogen and oxygen atoms in total. The van der Waals surface area contributed by atoms with Gasteiger partial charge in [0.2, 0.25) is 5.91 Å². The molecule has 5 fully saturated rings. The van der Waals surface area contributed by atoms with E-state index in [2.05, 4.69) is 37.9 Å². The van der Waals surface area contributed by atoms with E-state index < -0.39 is 12.0 Å². The molecule has 8 unspecified atom stereocenters. The Bertz CT molecular complexity index is 940. The van der Waals surface area contributed by atoms with E-state index in [1.165, 1.54) is 6.42 Å². The predicted molar refractivity (Wildman–Crippen MR) is 128 cm³/mol. The zero-order valence-corrected chi connectivity index (χ0v) is 21.2. The normalized spacial score (nSPS) is 48.3. The standard InChI is InChI=1S/C27H41N3O4/c1-15-5-6-19-25(2,3)20(30-9-11-33-12-10-30)7-8-27(19)26(15,4)14-17-18(31)13-16-21(22(17)34-27)23(28)29-24(16)32/h15-20,31H,5-14H2,1-4H3,(H2,28,29,32). The monoisotopic (exact) mass is 471 g/mol. The number of fused-ring (bicyclic) bond motifs is 2. The average molecular weight is 472 g/mol. The molecule has 3 aliphatic carbocycles. The molecule has 3 N–H and O–H groups in total. The van der Waals surface area contributed by atoms with E-state index in [-0.39, 0.29) is 34.1 Å². The van der Waals surface area contributed by atoms with Crippen LogP contribution in [0, 0.1) is 39.9 Å². The van der Waals surface area contributed by atoms with Crippen LogP contribution < -0.4 is 5.32 Å². The van der Waals surface area contributed by atoms with Gasteiger partial charge in [-0.1, -0.05) is 27.7 Å². The zero-order chi connectivity index (χ0) is 24.0. The Morgan fingerprint density at radius 1 is 1.15 bits per heavy atom. The van der Waals surface area contributed by atoms with Gasteiger partial charge in [0.15, 0.2) is 0 Å². The van der Waals surface area contributed by atoms with Crippen LogP contribution in [0.25, 0.3) is 0 Å². The maximum atomic E-state index is 12.6. The zero-order valence-electron chi connectivity index (χ0n) is 21.2. The number of amidine groups is 1. The van der Waals surface area contributed by atoms with Crippen molar-refractivity contribution in [1.29, 1.82) is 5.41 Å². The third-order valence-corrected chi connectivity index (χ3v) is 11.2. The molecule has 0 bridgehead atoms. The quantitative estimate of drug-likeness (QED) is 0.546. The fraction of sp³-hybridized carbons (Fsp3) is 0.852. The number of amides is 1. The molecule has 2 saturated carbocycles. The molecule has 34 heavy (non-hydrogen) atoms. The summed E-state index contributed by atoms with van der Waals surface area (Å²) in [7, 11) is 0. The number of carbonyl (C=O) groups is 1. The van der Waals surface area contributed by atoms with Gasteiger partial charge in [0.25, 0.3) is 0 Å². The second-order valence-electron chi connectivity index (χ2n) is 12.8. The molecule has 0 aromatic heterocycles.